The third-order valence-corrected chi connectivity index (χ3v) is 2.86. The van der Waals surface area contributed by atoms with E-state index in [0.717, 1.165) is 12.8 Å². The number of hydrogen-bond donors (Lipinski definition) is 2. The second kappa shape index (κ2) is 7.77. The van der Waals surface area contributed by atoms with Crippen LogP contribution in [0.25, 0.3) is 0 Å². The van der Waals surface area contributed by atoms with E-state index in [1.54, 1.807) is 12.1 Å². The fourth-order valence-corrected chi connectivity index (χ4v) is 1.88. The van der Waals surface area contributed by atoms with Crippen LogP contribution in [-0.4, -0.2) is 19.0 Å². The lowest BCUT2D eigenvalue weighted by Crippen LogP contribution is -2.26. The van der Waals surface area contributed by atoms with Crippen LogP contribution in [0.3, 0.4) is 0 Å². The predicted octanol–water partition coefficient (Wildman–Crippen LogP) is 3.42. The van der Waals surface area contributed by atoms with Crippen molar-refractivity contribution >= 4 is 11.6 Å². The van der Waals surface area contributed by atoms with Gasteiger partial charge >= 0.3 is 0 Å². The molecule has 0 saturated carbocycles. The van der Waals surface area contributed by atoms with Crippen LogP contribution in [0.5, 0.6) is 0 Å². The highest BCUT2D eigenvalue weighted by Gasteiger charge is 2.13. The number of rotatable bonds is 7. The third kappa shape index (κ3) is 4.89. The molecular formula is C15H23FN2O. The van der Waals surface area contributed by atoms with Crippen molar-refractivity contribution in [3.8, 4) is 0 Å². The van der Waals surface area contributed by atoms with Gasteiger partial charge in [-0.25, -0.2) is 4.39 Å². The summed E-state index contributed by atoms with van der Waals surface area (Å²) in [6.07, 6.45) is 2.01. The van der Waals surface area contributed by atoms with Crippen molar-refractivity contribution in [1.29, 1.82) is 0 Å². The van der Waals surface area contributed by atoms with E-state index < -0.39 is 5.82 Å². The van der Waals surface area contributed by atoms with Gasteiger partial charge in [-0.2, -0.15) is 0 Å². The van der Waals surface area contributed by atoms with Gasteiger partial charge in [0.25, 0.3) is 5.91 Å². The maximum Gasteiger partial charge on any atom is 0.253 e. The predicted molar refractivity (Wildman–Crippen MR) is 77.0 cm³/mol. The molecule has 0 aliphatic carbocycles. The van der Waals surface area contributed by atoms with Crippen molar-refractivity contribution in [2.24, 2.45) is 5.92 Å². The van der Waals surface area contributed by atoms with Crippen LogP contribution in [0, 0.1) is 11.7 Å². The quantitative estimate of drug-likeness (QED) is 0.742. The van der Waals surface area contributed by atoms with Gasteiger partial charge in [-0.05, 0) is 37.8 Å². The summed E-state index contributed by atoms with van der Waals surface area (Å²) in [7, 11) is 0. The van der Waals surface area contributed by atoms with E-state index >= 15 is 0 Å². The Morgan fingerprint density at radius 1 is 1.37 bits per heavy atom. The average molecular weight is 266 g/mol. The number of halogens is 1. The molecule has 2 N–H and O–H groups in total. The van der Waals surface area contributed by atoms with Crippen molar-refractivity contribution in [3.63, 3.8) is 0 Å². The monoisotopic (exact) mass is 266 g/mol. The SMILES string of the molecule is CCNc1c(F)cccc1C(=O)NCCCC(C)C. The zero-order valence-corrected chi connectivity index (χ0v) is 11.9. The van der Waals surface area contributed by atoms with Crippen molar-refractivity contribution in [2.75, 3.05) is 18.4 Å². The van der Waals surface area contributed by atoms with E-state index in [4.69, 9.17) is 0 Å². The first-order chi connectivity index (χ1) is 9.06. The van der Waals surface area contributed by atoms with Crippen LogP contribution in [-0.2, 0) is 0 Å². The normalized spacial score (nSPS) is 10.6. The Kier molecular flexibility index (Phi) is 6.33. The zero-order valence-electron chi connectivity index (χ0n) is 11.9. The molecule has 0 fully saturated rings. The van der Waals surface area contributed by atoms with Crippen LogP contribution < -0.4 is 10.6 Å². The zero-order chi connectivity index (χ0) is 14.3. The van der Waals surface area contributed by atoms with E-state index in [1.165, 1.54) is 6.07 Å². The Balaban J connectivity index is 2.63. The number of carbonyl (C=O) groups is 1. The van der Waals surface area contributed by atoms with Gasteiger partial charge < -0.3 is 10.6 Å². The molecule has 0 spiro atoms. The molecule has 0 radical (unpaired) electrons. The number of anilines is 1. The van der Waals surface area contributed by atoms with Gasteiger partial charge in [-0.3, -0.25) is 4.79 Å². The van der Waals surface area contributed by atoms with E-state index in [-0.39, 0.29) is 11.6 Å². The molecule has 0 aromatic heterocycles. The van der Waals surface area contributed by atoms with Gasteiger partial charge in [-0.15, -0.1) is 0 Å². The lowest BCUT2D eigenvalue weighted by Gasteiger charge is -2.12. The van der Waals surface area contributed by atoms with Gasteiger partial charge in [0, 0.05) is 13.1 Å². The summed E-state index contributed by atoms with van der Waals surface area (Å²) in [4.78, 5) is 12.0. The first-order valence-electron chi connectivity index (χ1n) is 6.86. The summed E-state index contributed by atoms with van der Waals surface area (Å²) >= 11 is 0. The molecule has 0 saturated heterocycles. The molecule has 19 heavy (non-hydrogen) atoms. The molecule has 4 heteroatoms. The number of carbonyl (C=O) groups excluding carboxylic acids is 1. The lowest BCUT2D eigenvalue weighted by atomic mass is 10.1. The molecule has 3 nitrogen and oxygen atoms in total. The molecule has 1 aromatic carbocycles. The van der Waals surface area contributed by atoms with Crippen LogP contribution in [0.15, 0.2) is 18.2 Å². The summed E-state index contributed by atoms with van der Waals surface area (Å²) in [5.41, 5.74) is 0.651. The number of nitrogens with one attached hydrogen (secondary N) is 2. The lowest BCUT2D eigenvalue weighted by molar-refractivity contribution is 0.0953. The Labute approximate surface area is 114 Å². The Hall–Kier alpha value is -1.58. The van der Waals surface area contributed by atoms with Gasteiger partial charge in [0.2, 0.25) is 0 Å². The summed E-state index contributed by atoms with van der Waals surface area (Å²) in [5.74, 6) is 0.0132. The number of hydrogen-bond acceptors (Lipinski definition) is 2. The molecule has 0 aliphatic heterocycles. The minimum Gasteiger partial charge on any atom is -0.382 e. The highest BCUT2D eigenvalue weighted by atomic mass is 19.1. The summed E-state index contributed by atoms with van der Waals surface area (Å²) in [6, 6.07) is 4.55. The van der Waals surface area contributed by atoms with Crippen molar-refractivity contribution in [2.45, 2.75) is 33.6 Å². The molecule has 1 amide bonds. The Morgan fingerprint density at radius 2 is 2.11 bits per heavy atom. The fourth-order valence-electron chi connectivity index (χ4n) is 1.88. The van der Waals surface area contributed by atoms with Gasteiger partial charge in [0.05, 0.1) is 11.3 Å². The van der Waals surface area contributed by atoms with Crippen molar-refractivity contribution in [1.82, 2.24) is 5.32 Å². The molecule has 0 aliphatic rings. The Morgan fingerprint density at radius 3 is 2.74 bits per heavy atom. The molecule has 1 aromatic rings. The second-order valence-corrected chi connectivity index (χ2v) is 4.98. The smallest absolute Gasteiger partial charge is 0.253 e. The van der Waals surface area contributed by atoms with Crippen LogP contribution in [0.2, 0.25) is 0 Å². The maximum absolute atomic E-state index is 13.6. The first kappa shape index (κ1) is 15.5. The molecule has 106 valence electrons. The summed E-state index contributed by atoms with van der Waals surface area (Å²) in [6.45, 7) is 7.37. The highest BCUT2D eigenvalue weighted by molar-refractivity contribution is 5.99. The third-order valence-electron chi connectivity index (χ3n) is 2.86. The average Bonchev–Trinajstić information content (AvgIpc) is 2.36. The van der Waals surface area contributed by atoms with Crippen molar-refractivity contribution < 1.29 is 9.18 Å². The van der Waals surface area contributed by atoms with Gasteiger partial charge in [-0.1, -0.05) is 19.9 Å². The standard InChI is InChI=1S/C15H23FN2O/c1-4-17-14-12(8-5-9-13(14)16)15(19)18-10-6-7-11(2)3/h5,8-9,11,17H,4,6-7,10H2,1-3H3,(H,18,19). The molecule has 0 heterocycles. The fraction of sp³-hybridized carbons (Fsp3) is 0.533. The highest BCUT2D eigenvalue weighted by Crippen LogP contribution is 2.19. The topological polar surface area (TPSA) is 41.1 Å². The van der Waals surface area contributed by atoms with E-state index in [1.807, 2.05) is 6.92 Å². The number of benzene rings is 1. The molecule has 0 atom stereocenters. The minimum absolute atomic E-state index is 0.223. The Bertz CT molecular complexity index is 419. The van der Waals surface area contributed by atoms with E-state index in [0.29, 0.717) is 24.6 Å². The largest absolute Gasteiger partial charge is 0.382 e. The maximum atomic E-state index is 13.6. The van der Waals surface area contributed by atoms with Crippen molar-refractivity contribution in [3.05, 3.63) is 29.6 Å². The van der Waals surface area contributed by atoms with Gasteiger partial charge in [0.15, 0.2) is 0 Å². The van der Waals surface area contributed by atoms with E-state index in [9.17, 15) is 9.18 Å². The van der Waals surface area contributed by atoms with Gasteiger partial charge in [0.1, 0.15) is 5.82 Å². The number of amides is 1. The first-order valence-corrected chi connectivity index (χ1v) is 6.86. The van der Waals surface area contributed by atoms with Crippen LogP contribution >= 0.6 is 0 Å². The molecule has 1 rings (SSSR count). The summed E-state index contributed by atoms with van der Waals surface area (Å²) < 4.78 is 13.6. The molecule has 0 bridgehead atoms. The molecule has 0 unspecified atom stereocenters. The second-order valence-electron chi connectivity index (χ2n) is 4.98. The van der Waals surface area contributed by atoms with E-state index in [2.05, 4.69) is 24.5 Å². The molecular weight excluding hydrogens is 243 g/mol. The van der Waals surface area contributed by atoms with Crippen LogP contribution in [0.4, 0.5) is 10.1 Å². The minimum atomic E-state index is -0.392. The number of para-hydroxylation sites is 1. The summed E-state index contributed by atoms with van der Waals surface area (Å²) in [5, 5.41) is 5.73. The van der Waals surface area contributed by atoms with Crippen LogP contribution in [0.1, 0.15) is 44.0 Å².